The molecule has 0 atom stereocenters. The van der Waals surface area contributed by atoms with E-state index in [1.54, 1.807) is 0 Å². The molecule has 0 saturated carbocycles. The molecule has 0 aromatic carbocycles. The number of aromatic nitrogens is 4. The summed E-state index contributed by atoms with van der Waals surface area (Å²) in [5.74, 6) is 4.45. The molecule has 0 aliphatic rings. The van der Waals surface area contributed by atoms with E-state index in [9.17, 15) is 9.59 Å². The number of nitrogens with one attached hydrogen (secondary N) is 2. The molecule has 0 amide bonds. The standard InChI is InChI=1S/C10H4N4O2/c1-3-5-6(4-2)12-8-7(11-5)9(15)14-10(16)13-8/h1-2H,(H2,12,13,14,15,16). The van der Waals surface area contributed by atoms with Crippen LogP contribution in [0.2, 0.25) is 0 Å². The fourth-order valence-corrected chi connectivity index (χ4v) is 1.18. The van der Waals surface area contributed by atoms with Gasteiger partial charge in [-0.3, -0.25) is 14.8 Å². The molecule has 2 N–H and O–H groups in total. The van der Waals surface area contributed by atoms with E-state index in [4.69, 9.17) is 12.8 Å². The Balaban J connectivity index is 3.03. The van der Waals surface area contributed by atoms with E-state index in [-0.39, 0.29) is 22.6 Å². The van der Waals surface area contributed by atoms with E-state index in [2.05, 4.69) is 26.8 Å². The second-order valence-electron chi connectivity index (χ2n) is 2.81. The number of fused-ring (bicyclic) bond motifs is 1. The van der Waals surface area contributed by atoms with Crippen LogP contribution in [-0.4, -0.2) is 19.9 Å². The molecule has 16 heavy (non-hydrogen) atoms. The van der Waals surface area contributed by atoms with Crippen LogP contribution in [0.3, 0.4) is 0 Å². The fourth-order valence-electron chi connectivity index (χ4n) is 1.18. The summed E-state index contributed by atoms with van der Waals surface area (Å²) in [6, 6.07) is 0. The van der Waals surface area contributed by atoms with Gasteiger partial charge in [-0.15, -0.1) is 12.8 Å². The Labute approximate surface area is 88.8 Å². The second-order valence-corrected chi connectivity index (χ2v) is 2.81. The third-order valence-electron chi connectivity index (χ3n) is 1.84. The molecule has 2 rings (SSSR count). The molecule has 2 aromatic heterocycles. The van der Waals surface area contributed by atoms with Crippen molar-refractivity contribution in [1.29, 1.82) is 0 Å². The summed E-state index contributed by atoms with van der Waals surface area (Å²) in [5, 5.41) is 0. The molecule has 0 spiro atoms. The molecule has 0 bridgehead atoms. The lowest BCUT2D eigenvalue weighted by molar-refractivity contribution is 1.03. The lowest BCUT2D eigenvalue weighted by Gasteiger charge is -1.98. The molecular weight excluding hydrogens is 208 g/mol. The van der Waals surface area contributed by atoms with Crippen LogP contribution in [0.25, 0.3) is 11.2 Å². The molecule has 6 heteroatoms. The first-order chi connectivity index (χ1) is 7.65. The van der Waals surface area contributed by atoms with E-state index < -0.39 is 11.2 Å². The van der Waals surface area contributed by atoms with Gasteiger partial charge in [0.05, 0.1) is 0 Å². The van der Waals surface area contributed by atoms with Crippen molar-refractivity contribution in [1.82, 2.24) is 19.9 Å². The van der Waals surface area contributed by atoms with Crippen molar-refractivity contribution in [2.75, 3.05) is 0 Å². The minimum Gasteiger partial charge on any atom is -0.290 e. The molecule has 2 aromatic rings. The van der Waals surface area contributed by atoms with Crippen LogP contribution in [0.4, 0.5) is 0 Å². The normalized spacial score (nSPS) is 9.62. The topological polar surface area (TPSA) is 91.5 Å². The number of nitrogens with zero attached hydrogens (tertiary/aromatic N) is 2. The Kier molecular flexibility index (Phi) is 2.04. The average Bonchev–Trinajstić information content (AvgIpc) is 2.27. The van der Waals surface area contributed by atoms with Crippen LogP contribution in [0.5, 0.6) is 0 Å². The van der Waals surface area contributed by atoms with Gasteiger partial charge in [0.1, 0.15) is 11.4 Å². The molecule has 0 saturated heterocycles. The first kappa shape index (κ1) is 9.69. The number of rotatable bonds is 0. The number of hydrogen-bond acceptors (Lipinski definition) is 4. The summed E-state index contributed by atoms with van der Waals surface area (Å²) in [7, 11) is 0. The largest absolute Gasteiger partial charge is 0.327 e. The highest BCUT2D eigenvalue weighted by Gasteiger charge is 2.08. The minimum atomic E-state index is -0.678. The molecule has 0 aliphatic heterocycles. The summed E-state index contributed by atoms with van der Waals surface area (Å²) < 4.78 is 0. The lowest BCUT2D eigenvalue weighted by atomic mass is 10.3. The van der Waals surface area contributed by atoms with Crippen molar-refractivity contribution in [3.05, 3.63) is 32.2 Å². The van der Waals surface area contributed by atoms with Crippen molar-refractivity contribution in [2.24, 2.45) is 0 Å². The molecule has 6 nitrogen and oxygen atoms in total. The SMILES string of the molecule is C#Cc1nc2[nH]c(=O)[nH]c(=O)c2nc1C#C. The second kappa shape index (κ2) is 3.37. The van der Waals surface area contributed by atoms with Gasteiger partial charge in [-0.05, 0) is 11.8 Å². The maximum Gasteiger partial charge on any atom is 0.327 e. The monoisotopic (exact) mass is 212 g/mol. The van der Waals surface area contributed by atoms with E-state index >= 15 is 0 Å². The fraction of sp³-hybridized carbons (Fsp3) is 0. The Morgan fingerprint density at radius 2 is 1.62 bits per heavy atom. The van der Waals surface area contributed by atoms with Crippen molar-refractivity contribution < 1.29 is 0 Å². The Bertz CT molecular complexity index is 770. The first-order valence-corrected chi connectivity index (χ1v) is 4.13. The quantitative estimate of drug-likeness (QED) is 0.546. The first-order valence-electron chi connectivity index (χ1n) is 4.13. The van der Waals surface area contributed by atoms with Gasteiger partial charge >= 0.3 is 5.69 Å². The predicted octanol–water partition coefficient (Wildman–Crippen LogP) is -1.03. The summed E-state index contributed by atoms with van der Waals surface area (Å²) in [6.45, 7) is 0. The van der Waals surface area contributed by atoms with Crippen LogP contribution in [0, 0.1) is 24.7 Å². The van der Waals surface area contributed by atoms with Gasteiger partial charge in [0.25, 0.3) is 5.56 Å². The van der Waals surface area contributed by atoms with Gasteiger partial charge in [-0.25, -0.2) is 14.8 Å². The highest BCUT2D eigenvalue weighted by atomic mass is 16.2. The zero-order valence-electron chi connectivity index (χ0n) is 7.87. The summed E-state index contributed by atoms with van der Waals surface area (Å²) >= 11 is 0. The highest BCUT2D eigenvalue weighted by Crippen LogP contribution is 2.04. The minimum absolute atomic E-state index is 0.0145. The average molecular weight is 212 g/mol. The number of terminal acetylenes is 2. The maximum absolute atomic E-state index is 11.4. The van der Waals surface area contributed by atoms with Gasteiger partial charge in [0.2, 0.25) is 0 Å². The Hall–Kier alpha value is -2.86. The highest BCUT2D eigenvalue weighted by molar-refractivity contribution is 5.69. The number of aromatic amines is 2. The third kappa shape index (κ3) is 1.35. The number of H-pyrrole nitrogens is 2. The van der Waals surface area contributed by atoms with E-state index in [1.165, 1.54) is 0 Å². The van der Waals surface area contributed by atoms with E-state index in [0.29, 0.717) is 0 Å². The molecule has 2 heterocycles. The third-order valence-corrected chi connectivity index (χ3v) is 1.84. The van der Waals surface area contributed by atoms with Crippen molar-refractivity contribution in [3.63, 3.8) is 0 Å². The lowest BCUT2D eigenvalue weighted by Crippen LogP contribution is -2.23. The molecule has 0 fully saturated rings. The van der Waals surface area contributed by atoms with Gasteiger partial charge in [0, 0.05) is 0 Å². The molecule has 0 radical (unpaired) electrons. The summed E-state index contributed by atoms with van der Waals surface area (Å²) in [5.41, 5.74) is -1.18. The molecular formula is C10H4N4O2. The van der Waals surface area contributed by atoms with Crippen molar-refractivity contribution >= 4 is 11.2 Å². The smallest absolute Gasteiger partial charge is 0.290 e. The van der Waals surface area contributed by atoms with Crippen LogP contribution >= 0.6 is 0 Å². The summed E-state index contributed by atoms with van der Waals surface area (Å²) in [6.07, 6.45) is 10.3. The van der Waals surface area contributed by atoms with Gasteiger partial charge in [-0.1, -0.05) is 0 Å². The molecule has 76 valence electrons. The van der Waals surface area contributed by atoms with Crippen LogP contribution in [0.1, 0.15) is 11.4 Å². The van der Waals surface area contributed by atoms with E-state index in [0.717, 1.165) is 0 Å². The van der Waals surface area contributed by atoms with Gasteiger partial charge in [0.15, 0.2) is 11.2 Å². The zero-order valence-corrected chi connectivity index (χ0v) is 7.87. The van der Waals surface area contributed by atoms with Crippen LogP contribution < -0.4 is 11.2 Å². The van der Waals surface area contributed by atoms with Crippen molar-refractivity contribution in [3.8, 4) is 24.7 Å². The van der Waals surface area contributed by atoms with Crippen LogP contribution in [-0.2, 0) is 0 Å². The summed E-state index contributed by atoms with van der Waals surface area (Å²) in [4.78, 5) is 34.4. The number of hydrogen-bond donors (Lipinski definition) is 2. The Morgan fingerprint density at radius 3 is 2.25 bits per heavy atom. The van der Waals surface area contributed by atoms with Gasteiger partial charge in [-0.2, -0.15) is 0 Å². The predicted molar refractivity (Wildman–Crippen MR) is 56.6 cm³/mol. The van der Waals surface area contributed by atoms with Crippen LogP contribution in [0.15, 0.2) is 9.59 Å². The zero-order chi connectivity index (χ0) is 11.7. The Morgan fingerprint density at radius 1 is 1.00 bits per heavy atom. The van der Waals surface area contributed by atoms with Crippen molar-refractivity contribution in [2.45, 2.75) is 0 Å². The maximum atomic E-state index is 11.4. The molecule has 0 unspecified atom stereocenters. The van der Waals surface area contributed by atoms with Gasteiger partial charge < -0.3 is 0 Å². The molecule has 0 aliphatic carbocycles. The van der Waals surface area contributed by atoms with E-state index in [1.807, 2.05) is 4.98 Å².